The molecule has 0 aliphatic heterocycles. The summed E-state index contributed by atoms with van der Waals surface area (Å²) in [5.41, 5.74) is 0.693. The van der Waals surface area contributed by atoms with Crippen LogP contribution in [0.15, 0.2) is 28.7 Å². The summed E-state index contributed by atoms with van der Waals surface area (Å²) in [4.78, 5) is 3.67. The Hall–Kier alpha value is -2.53. The van der Waals surface area contributed by atoms with E-state index in [4.69, 9.17) is 15.5 Å². The average molecular weight is 268 g/mol. The van der Waals surface area contributed by atoms with Crippen LogP contribution in [0, 0.1) is 11.3 Å². The number of oxazole rings is 1. The lowest BCUT2D eigenvalue weighted by molar-refractivity contribution is -0.137. The summed E-state index contributed by atoms with van der Waals surface area (Å²) >= 11 is 0. The highest BCUT2D eigenvalue weighted by Gasteiger charge is 2.34. The van der Waals surface area contributed by atoms with E-state index in [1.54, 1.807) is 6.07 Å². The van der Waals surface area contributed by atoms with Gasteiger partial charge in [-0.1, -0.05) is 12.1 Å². The van der Waals surface area contributed by atoms with Gasteiger partial charge in [0.1, 0.15) is 6.07 Å². The number of alkyl halides is 3. The summed E-state index contributed by atoms with van der Waals surface area (Å²) < 4.78 is 43.5. The van der Waals surface area contributed by atoms with Gasteiger partial charge in [0.05, 0.1) is 5.56 Å². The Labute approximate surface area is 105 Å². The van der Waals surface area contributed by atoms with E-state index in [1.807, 2.05) is 0 Å². The van der Waals surface area contributed by atoms with E-state index < -0.39 is 11.7 Å². The van der Waals surface area contributed by atoms with Crippen LogP contribution in [0.5, 0.6) is 0 Å². The third-order valence-corrected chi connectivity index (χ3v) is 2.33. The number of nitrogen functional groups attached to an aromatic ring is 1. The number of nitrogens with two attached hydrogens (primary N) is 1. The normalized spacial score (nSPS) is 11.1. The predicted molar refractivity (Wildman–Crippen MR) is 59.5 cm³/mol. The zero-order chi connectivity index (χ0) is 14.0. The van der Waals surface area contributed by atoms with Gasteiger partial charge in [0, 0.05) is 5.56 Å². The summed E-state index contributed by atoms with van der Waals surface area (Å²) in [6.45, 7) is 0. The zero-order valence-electron chi connectivity index (χ0n) is 9.32. The molecule has 0 aliphatic rings. The molecule has 0 unspecified atom stereocenters. The fourth-order valence-corrected chi connectivity index (χ4v) is 1.53. The number of hydrogen-bond acceptors (Lipinski definition) is 5. The predicted octanol–water partition coefficient (Wildman–Crippen LogP) is 2.52. The van der Waals surface area contributed by atoms with Gasteiger partial charge in [-0.2, -0.15) is 23.4 Å². The van der Waals surface area contributed by atoms with E-state index >= 15 is 0 Å². The van der Waals surface area contributed by atoms with Gasteiger partial charge in [-0.3, -0.25) is 5.43 Å². The molecule has 19 heavy (non-hydrogen) atoms. The third-order valence-electron chi connectivity index (χ3n) is 2.33. The van der Waals surface area contributed by atoms with E-state index in [2.05, 4.69) is 10.4 Å². The third kappa shape index (κ3) is 2.36. The summed E-state index contributed by atoms with van der Waals surface area (Å²) in [5, 5.41) is 8.75. The summed E-state index contributed by atoms with van der Waals surface area (Å²) in [6, 6.07) is 6.44. The van der Waals surface area contributed by atoms with Gasteiger partial charge < -0.3 is 4.42 Å². The van der Waals surface area contributed by atoms with Crippen molar-refractivity contribution < 1.29 is 17.6 Å². The molecule has 0 saturated carbocycles. The van der Waals surface area contributed by atoms with Gasteiger partial charge >= 0.3 is 6.18 Å². The number of rotatable bonds is 2. The van der Waals surface area contributed by atoms with Gasteiger partial charge in [-0.25, -0.2) is 5.84 Å². The quantitative estimate of drug-likeness (QED) is 0.645. The molecule has 2 rings (SSSR count). The Morgan fingerprint density at radius 3 is 2.53 bits per heavy atom. The van der Waals surface area contributed by atoms with Crippen molar-refractivity contribution in [2.24, 2.45) is 5.84 Å². The Balaban J connectivity index is 2.60. The number of hydrogen-bond donors (Lipinski definition) is 2. The lowest BCUT2D eigenvalue weighted by Gasteiger charge is -2.09. The maximum Gasteiger partial charge on any atom is 0.417 e. The first-order chi connectivity index (χ1) is 8.97. The van der Waals surface area contributed by atoms with Gasteiger partial charge in [0.25, 0.3) is 0 Å². The Morgan fingerprint density at radius 1 is 1.32 bits per heavy atom. The minimum absolute atomic E-state index is 0.186. The number of nitrogens with zero attached hydrogens (tertiary/aromatic N) is 2. The fraction of sp³-hybridized carbons (Fsp3) is 0.0909. The van der Waals surface area contributed by atoms with Crippen molar-refractivity contribution in [3.8, 4) is 17.5 Å². The maximum absolute atomic E-state index is 12.8. The number of benzene rings is 1. The number of nitriles is 1. The van der Waals surface area contributed by atoms with E-state index in [9.17, 15) is 13.2 Å². The first-order valence-corrected chi connectivity index (χ1v) is 5.01. The molecule has 3 N–H and O–H groups in total. The maximum atomic E-state index is 12.8. The second-order valence-electron chi connectivity index (χ2n) is 3.50. The molecule has 2 aromatic rings. The Morgan fingerprint density at radius 2 is 2.00 bits per heavy atom. The second-order valence-corrected chi connectivity index (χ2v) is 3.50. The van der Waals surface area contributed by atoms with E-state index in [-0.39, 0.29) is 23.0 Å². The highest BCUT2D eigenvalue weighted by molar-refractivity contribution is 5.63. The van der Waals surface area contributed by atoms with Crippen LogP contribution in [0.2, 0.25) is 0 Å². The monoisotopic (exact) mass is 268 g/mol. The fourth-order valence-electron chi connectivity index (χ4n) is 1.53. The van der Waals surface area contributed by atoms with Crippen LogP contribution >= 0.6 is 0 Å². The average Bonchev–Trinajstić information content (AvgIpc) is 2.81. The Bertz CT molecular complexity index is 642. The second kappa shape index (κ2) is 4.62. The largest absolute Gasteiger partial charge is 0.418 e. The van der Waals surface area contributed by atoms with Crippen LogP contribution in [0.4, 0.5) is 19.1 Å². The molecule has 0 atom stereocenters. The molecular formula is C11H7F3N4O. The van der Waals surface area contributed by atoms with E-state index in [0.29, 0.717) is 0 Å². The van der Waals surface area contributed by atoms with Crippen LogP contribution in [0.3, 0.4) is 0 Å². The van der Waals surface area contributed by atoms with Gasteiger partial charge in [0.2, 0.25) is 17.5 Å². The molecule has 0 spiro atoms. The minimum Gasteiger partial charge on any atom is -0.418 e. The first kappa shape index (κ1) is 12.9. The number of anilines is 1. The summed E-state index contributed by atoms with van der Waals surface area (Å²) in [5.74, 6) is 4.58. The lowest BCUT2D eigenvalue weighted by Crippen LogP contribution is -2.07. The molecule has 5 nitrogen and oxygen atoms in total. The molecule has 98 valence electrons. The SMILES string of the molecule is N#Cc1nc(-c2ccccc2C(F)(F)F)oc1NN. The number of nitrogens with one attached hydrogen (secondary N) is 1. The van der Waals surface area contributed by atoms with Crippen LogP contribution in [-0.4, -0.2) is 4.98 Å². The van der Waals surface area contributed by atoms with Crippen LogP contribution in [-0.2, 0) is 6.18 Å². The number of halogens is 3. The van der Waals surface area contributed by atoms with Crippen molar-refractivity contribution >= 4 is 5.88 Å². The molecule has 1 aromatic heterocycles. The number of hydrazine groups is 1. The molecular weight excluding hydrogens is 261 g/mol. The van der Waals surface area contributed by atoms with Gasteiger partial charge in [-0.05, 0) is 12.1 Å². The Kier molecular flexibility index (Phi) is 3.14. The molecule has 1 heterocycles. The first-order valence-electron chi connectivity index (χ1n) is 5.01. The van der Waals surface area contributed by atoms with Crippen molar-refractivity contribution in [1.82, 2.24) is 4.98 Å². The summed E-state index contributed by atoms with van der Waals surface area (Å²) in [6.07, 6.45) is -4.55. The molecule has 0 radical (unpaired) electrons. The standard InChI is InChI=1S/C11H7F3N4O/c12-11(13,14)7-4-2-1-3-6(7)9-17-8(5-15)10(18-16)19-9/h1-4,18H,16H2. The molecule has 8 heteroatoms. The summed E-state index contributed by atoms with van der Waals surface area (Å²) in [7, 11) is 0. The highest BCUT2D eigenvalue weighted by atomic mass is 19.4. The van der Waals surface area contributed by atoms with Crippen LogP contribution in [0.1, 0.15) is 11.3 Å². The van der Waals surface area contributed by atoms with E-state index in [1.165, 1.54) is 18.2 Å². The van der Waals surface area contributed by atoms with Crippen molar-refractivity contribution in [3.63, 3.8) is 0 Å². The molecule has 0 saturated heterocycles. The van der Waals surface area contributed by atoms with Crippen molar-refractivity contribution in [3.05, 3.63) is 35.5 Å². The zero-order valence-corrected chi connectivity index (χ0v) is 9.32. The van der Waals surface area contributed by atoms with E-state index in [0.717, 1.165) is 6.07 Å². The lowest BCUT2D eigenvalue weighted by atomic mass is 10.1. The van der Waals surface area contributed by atoms with Crippen molar-refractivity contribution in [1.29, 1.82) is 5.26 Å². The minimum atomic E-state index is -4.55. The van der Waals surface area contributed by atoms with Gasteiger partial charge in [-0.15, -0.1) is 0 Å². The molecule has 0 amide bonds. The molecule has 0 fully saturated rings. The van der Waals surface area contributed by atoms with Crippen LogP contribution in [0.25, 0.3) is 11.5 Å². The number of aromatic nitrogens is 1. The smallest absolute Gasteiger partial charge is 0.417 e. The van der Waals surface area contributed by atoms with Crippen LogP contribution < -0.4 is 11.3 Å². The molecule has 0 bridgehead atoms. The molecule has 1 aromatic carbocycles. The van der Waals surface area contributed by atoms with Crippen molar-refractivity contribution in [2.75, 3.05) is 5.43 Å². The van der Waals surface area contributed by atoms with Crippen molar-refractivity contribution in [2.45, 2.75) is 6.18 Å². The molecule has 0 aliphatic carbocycles. The van der Waals surface area contributed by atoms with Gasteiger partial charge in [0.15, 0.2) is 0 Å². The highest BCUT2D eigenvalue weighted by Crippen LogP contribution is 2.37. The topological polar surface area (TPSA) is 87.9 Å².